The number of hydrogen-bond donors (Lipinski definition) is 0. The van der Waals surface area contributed by atoms with Crippen molar-refractivity contribution in [1.82, 2.24) is 0 Å². The van der Waals surface area contributed by atoms with Crippen LogP contribution >= 0.6 is 0 Å². The highest BCUT2D eigenvalue weighted by atomic mass is 19.4. The van der Waals surface area contributed by atoms with Crippen molar-refractivity contribution >= 4 is 0 Å². The molecule has 19 heavy (non-hydrogen) atoms. The molecule has 1 aromatic carbocycles. The summed E-state index contributed by atoms with van der Waals surface area (Å²) in [6.45, 7) is 10.6. The van der Waals surface area contributed by atoms with Gasteiger partial charge in [-0.2, -0.15) is 13.2 Å². The zero-order valence-electron chi connectivity index (χ0n) is 15.3. The van der Waals surface area contributed by atoms with Gasteiger partial charge in [-0.05, 0) is 40.4 Å². The van der Waals surface area contributed by atoms with Crippen LogP contribution in [0.3, 0.4) is 0 Å². The van der Waals surface area contributed by atoms with Crippen LogP contribution in [0.1, 0.15) is 62.3 Å². The van der Waals surface area contributed by atoms with Gasteiger partial charge in [-0.15, -0.1) is 0 Å². The Bertz CT molecular complexity index is 564. The topological polar surface area (TPSA) is 0 Å². The van der Waals surface area contributed by atoms with Gasteiger partial charge in [0.2, 0.25) is 0 Å². The van der Waals surface area contributed by atoms with E-state index in [1.54, 1.807) is 20.8 Å². The van der Waals surface area contributed by atoms with Crippen molar-refractivity contribution in [2.24, 2.45) is 5.41 Å². The normalized spacial score (nSPS) is 17.6. The van der Waals surface area contributed by atoms with E-state index in [1.165, 1.54) is 0 Å². The molecular weight excluding hydrogens is 249 g/mol. The minimum Gasteiger partial charge on any atom is -0.166 e. The molecule has 0 radical (unpaired) electrons. The van der Waals surface area contributed by atoms with Gasteiger partial charge >= 0.3 is 6.18 Å². The molecule has 0 saturated heterocycles. The lowest BCUT2D eigenvalue weighted by molar-refractivity contribution is -0.137. The standard InChI is InChI=1S/C16H23F3/c1-14(2,3)10-11-7-8-12(16(17,18)19)9-13(11)15(4,5)6/h7-9H,10H2,1-6H3/i8D,9D,10D. The molecule has 0 aromatic heterocycles. The van der Waals surface area contributed by atoms with Gasteiger partial charge in [0.15, 0.2) is 0 Å². The summed E-state index contributed by atoms with van der Waals surface area (Å²) in [5.74, 6) is 0. The highest BCUT2D eigenvalue weighted by Crippen LogP contribution is 2.36. The summed E-state index contributed by atoms with van der Waals surface area (Å²) >= 11 is 0. The second-order valence-corrected chi connectivity index (χ2v) is 6.88. The van der Waals surface area contributed by atoms with E-state index in [0.29, 0.717) is 5.56 Å². The third kappa shape index (κ3) is 4.55. The minimum absolute atomic E-state index is 0.200. The van der Waals surface area contributed by atoms with E-state index < -0.39 is 41.1 Å². The van der Waals surface area contributed by atoms with Gasteiger partial charge < -0.3 is 0 Å². The average Bonchev–Trinajstić information content (AvgIpc) is 2.21. The van der Waals surface area contributed by atoms with Crippen molar-refractivity contribution in [3.8, 4) is 0 Å². The van der Waals surface area contributed by atoms with Gasteiger partial charge in [0.05, 0.1) is 8.30 Å². The zero-order valence-corrected chi connectivity index (χ0v) is 12.3. The van der Waals surface area contributed by atoms with Crippen molar-refractivity contribution < 1.29 is 17.3 Å². The number of hydrogen-bond acceptors (Lipinski definition) is 0. The molecule has 0 nitrogen and oxygen atoms in total. The molecule has 0 spiro atoms. The molecule has 1 aromatic rings. The van der Waals surface area contributed by atoms with Crippen LogP contribution in [0.25, 0.3) is 0 Å². The fourth-order valence-corrected chi connectivity index (χ4v) is 1.81. The van der Waals surface area contributed by atoms with Gasteiger partial charge in [0.1, 0.15) is 0 Å². The Morgan fingerprint density at radius 3 is 2.00 bits per heavy atom. The number of alkyl halides is 3. The maximum Gasteiger partial charge on any atom is 0.416 e. The molecule has 0 heterocycles. The number of halogens is 3. The van der Waals surface area contributed by atoms with Gasteiger partial charge in [0.25, 0.3) is 0 Å². The maximum atomic E-state index is 13.2. The fourth-order valence-electron chi connectivity index (χ4n) is 1.81. The molecule has 3 heteroatoms. The molecule has 0 saturated carbocycles. The Morgan fingerprint density at radius 2 is 1.63 bits per heavy atom. The first-order valence-electron chi connectivity index (χ1n) is 7.80. The molecule has 0 amide bonds. The molecule has 1 rings (SSSR count). The first kappa shape index (κ1) is 11.8. The number of benzene rings is 1. The van der Waals surface area contributed by atoms with Crippen LogP contribution in [0.5, 0.6) is 0 Å². The van der Waals surface area contributed by atoms with E-state index in [4.69, 9.17) is 4.11 Å². The van der Waals surface area contributed by atoms with Crippen LogP contribution in [0.4, 0.5) is 13.2 Å². The van der Waals surface area contributed by atoms with Crippen LogP contribution in [0.2, 0.25) is 0 Å². The lowest BCUT2D eigenvalue weighted by Crippen LogP contribution is -2.20. The predicted molar refractivity (Wildman–Crippen MR) is 73.3 cm³/mol. The largest absolute Gasteiger partial charge is 0.416 e. The Balaban J connectivity index is 3.82. The molecule has 1 atom stereocenters. The van der Waals surface area contributed by atoms with Crippen LogP contribution in [-0.4, -0.2) is 0 Å². The first-order chi connectivity index (χ1) is 9.58. The van der Waals surface area contributed by atoms with E-state index in [9.17, 15) is 13.2 Å². The van der Waals surface area contributed by atoms with Crippen molar-refractivity contribution in [3.05, 3.63) is 34.8 Å². The number of rotatable bonds is 1. The van der Waals surface area contributed by atoms with Crippen molar-refractivity contribution in [3.63, 3.8) is 0 Å². The van der Waals surface area contributed by atoms with Gasteiger partial charge in [-0.1, -0.05) is 47.6 Å². The third-order valence-corrected chi connectivity index (χ3v) is 2.53. The molecule has 0 aliphatic heterocycles. The van der Waals surface area contributed by atoms with Crippen molar-refractivity contribution in [1.29, 1.82) is 0 Å². The van der Waals surface area contributed by atoms with Gasteiger partial charge in [-0.3, -0.25) is 0 Å². The molecule has 1 unspecified atom stereocenters. The summed E-state index contributed by atoms with van der Waals surface area (Å²) < 4.78 is 63.5. The van der Waals surface area contributed by atoms with E-state index >= 15 is 0 Å². The molecule has 108 valence electrons. The van der Waals surface area contributed by atoms with Crippen LogP contribution in [-0.2, 0) is 18.0 Å². The van der Waals surface area contributed by atoms with Crippen molar-refractivity contribution in [2.45, 2.75) is 59.5 Å². The van der Waals surface area contributed by atoms with Crippen LogP contribution < -0.4 is 0 Å². The molecular formula is C16H23F3. The Morgan fingerprint density at radius 1 is 1.11 bits per heavy atom. The summed E-state index contributed by atoms with van der Waals surface area (Å²) in [6, 6.07) is -0.296. The SMILES string of the molecule is [2H]c1cc(C([2H])C(C)(C)C)c(C(C)(C)C)c([2H])c1C(F)(F)F. The van der Waals surface area contributed by atoms with Gasteiger partial charge in [-0.25, -0.2) is 0 Å². The molecule has 0 aliphatic carbocycles. The highest BCUT2D eigenvalue weighted by Gasteiger charge is 2.32. The second kappa shape index (κ2) is 4.84. The fraction of sp³-hybridized carbons (Fsp3) is 0.625. The molecule has 0 fully saturated rings. The van der Waals surface area contributed by atoms with E-state index in [2.05, 4.69) is 0 Å². The zero-order chi connectivity index (χ0) is 17.7. The summed E-state index contributed by atoms with van der Waals surface area (Å²) in [4.78, 5) is 0. The summed E-state index contributed by atoms with van der Waals surface area (Å²) in [6.07, 6.45) is -5.55. The lowest BCUT2D eigenvalue weighted by atomic mass is 9.78. The molecule has 0 bridgehead atoms. The predicted octanol–water partition coefficient (Wildman–Crippen LogP) is 5.59. The summed E-state index contributed by atoms with van der Waals surface area (Å²) in [7, 11) is 0. The van der Waals surface area contributed by atoms with Crippen LogP contribution in [0.15, 0.2) is 18.2 Å². The maximum absolute atomic E-state index is 13.2. The smallest absolute Gasteiger partial charge is 0.166 e. The van der Waals surface area contributed by atoms with E-state index in [0.717, 1.165) is 6.07 Å². The van der Waals surface area contributed by atoms with Crippen LogP contribution in [0, 0.1) is 5.41 Å². The molecule has 0 aliphatic rings. The van der Waals surface area contributed by atoms with Crippen molar-refractivity contribution in [2.75, 3.05) is 0 Å². The Kier molecular flexibility index (Phi) is 3.01. The second-order valence-electron chi connectivity index (χ2n) is 6.88. The summed E-state index contributed by atoms with van der Waals surface area (Å²) in [5.41, 5.74) is -1.90. The Labute approximate surface area is 118 Å². The summed E-state index contributed by atoms with van der Waals surface area (Å²) in [5, 5.41) is 0. The Hall–Kier alpha value is -0.990. The monoisotopic (exact) mass is 275 g/mol. The molecule has 0 N–H and O–H groups in total. The average molecular weight is 275 g/mol. The third-order valence-electron chi connectivity index (χ3n) is 2.53. The lowest BCUT2D eigenvalue weighted by Gasteiger charge is -2.28. The minimum atomic E-state index is -4.74. The van der Waals surface area contributed by atoms with E-state index in [-0.39, 0.29) is 5.56 Å². The first-order valence-corrected chi connectivity index (χ1v) is 6.22. The van der Waals surface area contributed by atoms with E-state index in [1.807, 2.05) is 20.8 Å². The van der Waals surface area contributed by atoms with Gasteiger partial charge in [0, 0.05) is 1.37 Å². The highest BCUT2D eigenvalue weighted by molar-refractivity contribution is 5.38. The quantitative estimate of drug-likeness (QED) is 0.626.